The minimum atomic E-state index is 0.820. The molecule has 3 rings (SSSR count). The lowest BCUT2D eigenvalue weighted by molar-refractivity contribution is 0.949. The molecule has 2 N–H and O–H groups in total. The molecule has 0 unspecified atom stereocenters. The zero-order chi connectivity index (χ0) is 12.4. The summed E-state index contributed by atoms with van der Waals surface area (Å²) in [7, 11) is 0. The number of anilines is 2. The smallest absolute Gasteiger partial charge is 0.185 e. The molecule has 0 spiro atoms. The predicted octanol–water partition coefficient (Wildman–Crippen LogP) is 2.92. The third-order valence-corrected chi connectivity index (χ3v) is 4.33. The minimum Gasteiger partial charge on any atom is -0.399 e. The van der Waals surface area contributed by atoms with Crippen molar-refractivity contribution in [3.63, 3.8) is 0 Å². The van der Waals surface area contributed by atoms with Crippen LogP contribution in [0.25, 0.3) is 0 Å². The second-order valence-corrected chi connectivity index (χ2v) is 5.82. The van der Waals surface area contributed by atoms with Crippen LogP contribution < -0.4 is 10.6 Å². The van der Waals surface area contributed by atoms with Crippen LogP contribution in [0, 0.1) is 0 Å². The minimum absolute atomic E-state index is 0.820. The van der Waals surface area contributed by atoms with Gasteiger partial charge in [0.25, 0.3) is 0 Å². The van der Waals surface area contributed by atoms with Gasteiger partial charge in [0.15, 0.2) is 5.13 Å². The maximum absolute atomic E-state index is 5.69. The van der Waals surface area contributed by atoms with Crippen LogP contribution >= 0.6 is 11.3 Å². The Balaban J connectivity index is 1.71. The second-order valence-electron chi connectivity index (χ2n) is 4.72. The molecule has 2 heterocycles. The average molecular weight is 259 g/mol. The van der Waals surface area contributed by atoms with Crippen LogP contribution in [0.2, 0.25) is 0 Å². The first-order chi connectivity index (χ1) is 8.81. The molecule has 18 heavy (non-hydrogen) atoms. The molecule has 0 radical (unpaired) electrons. The summed E-state index contributed by atoms with van der Waals surface area (Å²) in [4.78, 5) is 8.24. The van der Waals surface area contributed by atoms with Gasteiger partial charge in [-0.1, -0.05) is 12.1 Å². The van der Waals surface area contributed by atoms with E-state index in [1.165, 1.54) is 28.4 Å². The van der Waals surface area contributed by atoms with Gasteiger partial charge in [-0.2, -0.15) is 0 Å². The van der Waals surface area contributed by atoms with Crippen molar-refractivity contribution in [2.45, 2.75) is 19.3 Å². The van der Waals surface area contributed by atoms with Gasteiger partial charge in [0.05, 0.1) is 0 Å². The fourth-order valence-electron chi connectivity index (χ4n) is 2.27. The molecule has 1 aliphatic rings. The van der Waals surface area contributed by atoms with E-state index in [0.717, 1.165) is 25.2 Å². The highest BCUT2D eigenvalue weighted by Crippen LogP contribution is 2.27. The quantitative estimate of drug-likeness (QED) is 0.862. The molecule has 0 aliphatic carbocycles. The molecule has 4 heteroatoms. The summed E-state index contributed by atoms with van der Waals surface area (Å²) in [6.07, 6.45) is 5.56. The Labute approximate surface area is 111 Å². The van der Waals surface area contributed by atoms with Gasteiger partial charge < -0.3 is 10.6 Å². The van der Waals surface area contributed by atoms with E-state index in [2.05, 4.69) is 22.0 Å². The van der Waals surface area contributed by atoms with E-state index in [1.54, 1.807) is 0 Å². The van der Waals surface area contributed by atoms with Crippen LogP contribution in [-0.2, 0) is 6.42 Å². The van der Waals surface area contributed by atoms with Crippen molar-refractivity contribution in [1.82, 2.24) is 4.98 Å². The topological polar surface area (TPSA) is 42.1 Å². The molecule has 1 aromatic carbocycles. The Kier molecular flexibility index (Phi) is 3.19. The average Bonchev–Trinajstić information content (AvgIpc) is 3.02. The normalized spacial score (nSPS) is 15.2. The van der Waals surface area contributed by atoms with Crippen molar-refractivity contribution >= 4 is 22.2 Å². The number of nitrogens with zero attached hydrogens (tertiary/aromatic N) is 2. The molecule has 1 saturated heterocycles. The molecular weight excluding hydrogens is 242 g/mol. The third-order valence-electron chi connectivity index (χ3n) is 3.28. The Hall–Kier alpha value is -1.55. The first kappa shape index (κ1) is 11.5. The lowest BCUT2D eigenvalue weighted by Gasteiger charge is -2.12. The molecule has 0 atom stereocenters. The number of rotatable bonds is 3. The second kappa shape index (κ2) is 4.98. The van der Waals surface area contributed by atoms with Crippen molar-refractivity contribution in [3.8, 4) is 0 Å². The molecule has 1 fully saturated rings. The molecule has 1 aliphatic heterocycles. The summed E-state index contributed by atoms with van der Waals surface area (Å²) in [5.74, 6) is 0. The van der Waals surface area contributed by atoms with Crippen LogP contribution in [0.15, 0.2) is 30.5 Å². The van der Waals surface area contributed by atoms with Gasteiger partial charge in [-0.05, 0) is 30.5 Å². The summed E-state index contributed by atoms with van der Waals surface area (Å²) < 4.78 is 0. The summed E-state index contributed by atoms with van der Waals surface area (Å²) in [6.45, 7) is 2.32. The van der Waals surface area contributed by atoms with E-state index in [4.69, 9.17) is 5.73 Å². The van der Waals surface area contributed by atoms with E-state index in [9.17, 15) is 0 Å². The summed E-state index contributed by atoms with van der Waals surface area (Å²) >= 11 is 1.81. The fraction of sp³-hybridized carbons (Fsp3) is 0.357. The summed E-state index contributed by atoms with van der Waals surface area (Å²) in [6, 6.07) is 8.09. The van der Waals surface area contributed by atoms with Crippen molar-refractivity contribution < 1.29 is 0 Å². The molecule has 0 saturated carbocycles. The Morgan fingerprint density at radius 3 is 2.61 bits per heavy atom. The highest BCUT2D eigenvalue weighted by atomic mass is 32.1. The molecule has 0 amide bonds. The Bertz CT molecular complexity index is 512. The first-order valence-corrected chi connectivity index (χ1v) is 7.17. The van der Waals surface area contributed by atoms with Crippen LogP contribution in [-0.4, -0.2) is 18.1 Å². The van der Waals surface area contributed by atoms with Crippen molar-refractivity contribution in [2.24, 2.45) is 0 Å². The SMILES string of the molecule is Nc1ccc(Cc2cnc(N3CCCC3)s2)cc1. The zero-order valence-electron chi connectivity index (χ0n) is 10.3. The monoisotopic (exact) mass is 259 g/mol. The van der Waals surface area contributed by atoms with E-state index >= 15 is 0 Å². The van der Waals surface area contributed by atoms with Gasteiger partial charge in [-0.3, -0.25) is 0 Å². The van der Waals surface area contributed by atoms with Gasteiger partial charge in [0.2, 0.25) is 0 Å². The van der Waals surface area contributed by atoms with Crippen molar-refractivity contribution in [3.05, 3.63) is 40.9 Å². The largest absolute Gasteiger partial charge is 0.399 e. The van der Waals surface area contributed by atoms with Crippen molar-refractivity contribution in [1.29, 1.82) is 0 Å². The molecule has 3 nitrogen and oxygen atoms in total. The maximum atomic E-state index is 5.69. The number of benzene rings is 1. The van der Waals surface area contributed by atoms with Crippen LogP contribution in [0.5, 0.6) is 0 Å². The Morgan fingerprint density at radius 1 is 1.17 bits per heavy atom. The first-order valence-electron chi connectivity index (χ1n) is 6.35. The highest BCUT2D eigenvalue weighted by molar-refractivity contribution is 7.15. The Morgan fingerprint density at radius 2 is 1.89 bits per heavy atom. The predicted molar refractivity (Wildman–Crippen MR) is 77.2 cm³/mol. The number of thiazole rings is 1. The van der Waals surface area contributed by atoms with Gasteiger partial charge in [-0.15, -0.1) is 11.3 Å². The molecule has 2 aromatic rings. The summed E-state index contributed by atoms with van der Waals surface area (Å²) in [5.41, 5.74) is 7.80. The lowest BCUT2D eigenvalue weighted by Crippen LogP contribution is -2.16. The summed E-state index contributed by atoms with van der Waals surface area (Å²) in [5, 5.41) is 1.18. The number of nitrogens with two attached hydrogens (primary N) is 1. The van der Waals surface area contributed by atoms with Crippen LogP contribution in [0.4, 0.5) is 10.8 Å². The van der Waals surface area contributed by atoms with Crippen LogP contribution in [0.3, 0.4) is 0 Å². The van der Waals surface area contributed by atoms with Gasteiger partial charge in [0.1, 0.15) is 0 Å². The van der Waals surface area contributed by atoms with Gasteiger partial charge in [-0.25, -0.2) is 4.98 Å². The lowest BCUT2D eigenvalue weighted by atomic mass is 10.1. The standard InChI is InChI=1S/C14H17N3S/c15-12-5-3-11(4-6-12)9-13-10-16-14(18-13)17-7-1-2-8-17/h3-6,10H,1-2,7-9,15H2. The van der Waals surface area contributed by atoms with Crippen molar-refractivity contribution in [2.75, 3.05) is 23.7 Å². The molecule has 94 valence electrons. The fourth-order valence-corrected chi connectivity index (χ4v) is 3.27. The number of aromatic nitrogens is 1. The zero-order valence-corrected chi connectivity index (χ0v) is 11.1. The number of hydrogen-bond donors (Lipinski definition) is 1. The van der Waals surface area contributed by atoms with Gasteiger partial charge in [0, 0.05) is 36.3 Å². The maximum Gasteiger partial charge on any atom is 0.185 e. The van der Waals surface area contributed by atoms with Crippen LogP contribution in [0.1, 0.15) is 23.3 Å². The van der Waals surface area contributed by atoms with E-state index < -0.39 is 0 Å². The molecule has 1 aromatic heterocycles. The van der Waals surface area contributed by atoms with Gasteiger partial charge >= 0.3 is 0 Å². The molecular formula is C14H17N3S. The third kappa shape index (κ3) is 2.48. The highest BCUT2D eigenvalue weighted by Gasteiger charge is 2.15. The number of hydrogen-bond acceptors (Lipinski definition) is 4. The van der Waals surface area contributed by atoms with E-state index in [1.807, 2.05) is 29.7 Å². The van der Waals surface area contributed by atoms with E-state index in [0.29, 0.717) is 0 Å². The molecule has 0 bridgehead atoms. The van der Waals surface area contributed by atoms with E-state index in [-0.39, 0.29) is 0 Å². The number of nitrogen functional groups attached to an aromatic ring is 1.